The van der Waals surface area contributed by atoms with Crippen molar-refractivity contribution >= 4 is 33.3 Å². The van der Waals surface area contributed by atoms with Gasteiger partial charge in [-0.1, -0.05) is 0 Å². The summed E-state index contributed by atoms with van der Waals surface area (Å²) in [6.45, 7) is 8.17. The van der Waals surface area contributed by atoms with Gasteiger partial charge in [0.2, 0.25) is 5.91 Å². The van der Waals surface area contributed by atoms with Gasteiger partial charge in [-0.25, -0.2) is 17.6 Å². The lowest BCUT2D eigenvalue weighted by atomic mass is 10.1. The molecule has 3 N–H and O–H groups in total. The van der Waals surface area contributed by atoms with Crippen molar-refractivity contribution in [3.8, 4) is 0 Å². The second-order valence-corrected chi connectivity index (χ2v) is 10.8. The molecule has 1 amide bonds. The van der Waals surface area contributed by atoms with E-state index in [0.717, 1.165) is 24.3 Å². The predicted molar refractivity (Wildman–Crippen MR) is 127 cm³/mol. The third kappa shape index (κ3) is 6.67. The van der Waals surface area contributed by atoms with E-state index in [2.05, 4.69) is 10.0 Å². The summed E-state index contributed by atoms with van der Waals surface area (Å²) in [5.41, 5.74) is 0.247. The second-order valence-electron chi connectivity index (χ2n) is 9.16. The summed E-state index contributed by atoms with van der Waals surface area (Å²) in [5, 5.41) is 12.3. The fourth-order valence-corrected chi connectivity index (χ4v) is 4.72. The molecule has 1 heterocycles. The van der Waals surface area contributed by atoms with Gasteiger partial charge in [0, 0.05) is 31.7 Å². The number of nitrogens with zero attached hydrogens (tertiary/aromatic N) is 2. The summed E-state index contributed by atoms with van der Waals surface area (Å²) in [5.74, 6) is -1.83. The maximum Gasteiger partial charge on any atom is 0.335 e. The molecule has 0 spiro atoms. The van der Waals surface area contributed by atoms with E-state index in [1.54, 1.807) is 6.07 Å². The van der Waals surface area contributed by atoms with Crippen molar-refractivity contribution in [3.05, 3.63) is 53.8 Å². The fourth-order valence-electron chi connectivity index (χ4n) is 3.65. The van der Waals surface area contributed by atoms with Crippen LogP contribution in [-0.2, 0) is 14.8 Å². The number of carboxylic acid groups (broad SMARTS) is 1. The number of halogens is 1. The Morgan fingerprint density at radius 2 is 1.65 bits per heavy atom. The molecule has 1 aliphatic heterocycles. The van der Waals surface area contributed by atoms with E-state index in [9.17, 15) is 27.5 Å². The molecule has 2 aromatic rings. The number of aromatic carboxylic acids is 1. The van der Waals surface area contributed by atoms with E-state index < -0.39 is 21.8 Å². The second kappa shape index (κ2) is 9.98. The first-order valence-corrected chi connectivity index (χ1v) is 12.3. The normalized spacial score (nSPS) is 15.1. The van der Waals surface area contributed by atoms with E-state index in [-0.39, 0.29) is 34.1 Å². The van der Waals surface area contributed by atoms with Crippen molar-refractivity contribution in [2.45, 2.75) is 31.2 Å². The number of sulfonamides is 1. The highest BCUT2D eigenvalue weighted by Gasteiger charge is 2.25. The van der Waals surface area contributed by atoms with Gasteiger partial charge in [0.15, 0.2) is 0 Å². The largest absolute Gasteiger partial charge is 0.478 e. The van der Waals surface area contributed by atoms with Crippen LogP contribution in [-0.4, -0.2) is 68.6 Å². The molecule has 1 aliphatic rings. The van der Waals surface area contributed by atoms with Crippen LogP contribution in [0.2, 0.25) is 0 Å². The SMILES string of the molecule is CC(C)(C)NC(=O)CN1CCN(c2ccc(C(=O)O)cc2NS(=O)(=O)c2ccc(F)cc2)CC1. The molecule has 9 nitrogen and oxygen atoms in total. The molecule has 0 atom stereocenters. The zero-order valence-electron chi connectivity index (χ0n) is 19.3. The molecule has 0 saturated carbocycles. The van der Waals surface area contributed by atoms with Crippen LogP contribution >= 0.6 is 0 Å². The molecule has 34 heavy (non-hydrogen) atoms. The maximum atomic E-state index is 13.2. The molecular formula is C23H29FN4O5S. The Morgan fingerprint density at radius 1 is 1.03 bits per heavy atom. The molecule has 184 valence electrons. The lowest BCUT2D eigenvalue weighted by molar-refractivity contribution is -0.123. The molecule has 11 heteroatoms. The fraction of sp³-hybridized carbons (Fsp3) is 0.391. The van der Waals surface area contributed by atoms with Crippen LogP contribution in [0.1, 0.15) is 31.1 Å². The summed E-state index contributed by atoms with van der Waals surface area (Å²) in [6.07, 6.45) is 0. The van der Waals surface area contributed by atoms with Crippen LogP contribution in [0.25, 0.3) is 0 Å². The van der Waals surface area contributed by atoms with Crippen LogP contribution in [0, 0.1) is 5.82 Å². The van der Waals surface area contributed by atoms with Crippen LogP contribution < -0.4 is 14.9 Å². The highest BCUT2D eigenvalue weighted by atomic mass is 32.2. The van der Waals surface area contributed by atoms with Gasteiger partial charge in [-0.2, -0.15) is 0 Å². The lowest BCUT2D eigenvalue weighted by Crippen LogP contribution is -2.51. The van der Waals surface area contributed by atoms with Gasteiger partial charge in [0.1, 0.15) is 5.82 Å². The first-order valence-electron chi connectivity index (χ1n) is 10.8. The first kappa shape index (κ1) is 25.4. The number of rotatable bonds is 7. The van der Waals surface area contributed by atoms with Gasteiger partial charge in [-0.3, -0.25) is 14.4 Å². The summed E-state index contributed by atoms with van der Waals surface area (Å²) in [6, 6.07) is 8.60. The number of carbonyl (C=O) groups is 2. The van der Waals surface area contributed by atoms with Gasteiger partial charge in [-0.15, -0.1) is 0 Å². The molecule has 0 aromatic heterocycles. The maximum absolute atomic E-state index is 13.2. The van der Waals surface area contributed by atoms with Gasteiger partial charge in [0.25, 0.3) is 10.0 Å². The Balaban J connectivity index is 1.78. The molecule has 2 aromatic carbocycles. The van der Waals surface area contributed by atoms with Crippen LogP contribution in [0.4, 0.5) is 15.8 Å². The monoisotopic (exact) mass is 492 g/mol. The van der Waals surface area contributed by atoms with E-state index in [1.165, 1.54) is 12.1 Å². The first-order chi connectivity index (χ1) is 15.8. The average molecular weight is 493 g/mol. The van der Waals surface area contributed by atoms with Crippen LogP contribution in [0.5, 0.6) is 0 Å². The minimum absolute atomic E-state index is 0.0699. The zero-order chi connectivity index (χ0) is 25.1. The van der Waals surface area contributed by atoms with Gasteiger partial charge < -0.3 is 15.3 Å². The Hall–Kier alpha value is -3.18. The lowest BCUT2D eigenvalue weighted by Gasteiger charge is -2.37. The predicted octanol–water partition coefficient (Wildman–Crippen LogP) is 2.36. The summed E-state index contributed by atoms with van der Waals surface area (Å²) in [7, 11) is -4.08. The van der Waals surface area contributed by atoms with Crippen molar-refractivity contribution in [1.29, 1.82) is 0 Å². The van der Waals surface area contributed by atoms with E-state index in [1.807, 2.05) is 30.6 Å². The van der Waals surface area contributed by atoms with E-state index >= 15 is 0 Å². The molecule has 1 fully saturated rings. The number of carboxylic acids is 1. The van der Waals surface area contributed by atoms with Gasteiger partial charge in [-0.05, 0) is 63.2 Å². The minimum atomic E-state index is -4.08. The van der Waals surface area contributed by atoms with Crippen molar-refractivity contribution in [1.82, 2.24) is 10.2 Å². The molecular weight excluding hydrogens is 463 g/mol. The number of hydrogen-bond acceptors (Lipinski definition) is 6. The number of piperazine rings is 1. The highest BCUT2D eigenvalue weighted by molar-refractivity contribution is 7.92. The average Bonchev–Trinajstić information content (AvgIpc) is 2.73. The minimum Gasteiger partial charge on any atom is -0.478 e. The summed E-state index contributed by atoms with van der Waals surface area (Å²) in [4.78, 5) is 27.5. The number of carbonyl (C=O) groups excluding carboxylic acids is 1. The third-order valence-electron chi connectivity index (χ3n) is 5.21. The molecule has 0 radical (unpaired) electrons. The third-order valence-corrected chi connectivity index (χ3v) is 6.59. The van der Waals surface area contributed by atoms with Crippen molar-refractivity contribution in [3.63, 3.8) is 0 Å². The molecule has 0 bridgehead atoms. The van der Waals surface area contributed by atoms with Crippen molar-refractivity contribution in [2.75, 3.05) is 42.3 Å². The Bertz CT molecular complexity index is 1150. The number of hydrogen-bond donors (Lipinski definition) is 3. The number of anilines is 2. The molecule has 0 unspecified atom stereocenters. The topological polar surface area (TPSA) is 119 Å². The van der Waals surface area contributed by atoms with E-state index in [0.29, 0.717) is 31.9 Å². The number of amides is 1. The zero-order valence-corrected chi connectivity index (χ0v) is 20.2. The quantitative estimate of drug-likeness (QED) is 0.543. The number of benzene rings is 2. The van der Waals surface area contributed by atoms with Gasteiger partial charge in [0.05, 0.1) is 28.4 Å². The summed E-state index contributed by atoms with van der Waals surface area (Å²) < 4.78 is 41.4. The molecule has 3 rings (SSSR count). The standard InChI is InChI=1S/C23H29FN4O5S/c1-23(2,3)25-21(29)15-27-10-12-28(13-11-27)20-9-4-16(22(30)31)14-19(20)26-34(32,33)18-7-5-17(24)6-8-18/h4-9,14,26H,10-13,15H2,1-3H3,(H,25,29)(H,30,31). The molecule has 0 aliphatic carbocycles. The van der Waals surface area contributed by atoms with Crippen molar-refractivity contribution < 1.29 is 27.5 Å². The number of nitrogens with one attached hydrogen (secondary N) is 2. The molecule has 1 saturated heterocycles. The van der Waals surface area contributed by atoms with Crippen molar-refractivity contribution in [2.24, 2.45) is 0 Å². The summed E-state index contributed by atoms with van der Waals surface area (Å²) >= 11 is 0. The van der Waals surface area contributed by atoms with Crippen LogP contribution in [0.15, 0.2) is 47.4 Å². The highest BCUT2D eigenvalue weighted by Crippen LogP contribution is 2.30. The van der Waals surface area contributed by atoms with Crippen LogP contribution in [0.3, 0.4) is 0 Å². The van der Waals surface area contributed by atoms with Gasteiger partial charge >= 0.3 is 5.97 Å². The smallest absolute Gasteiger partial charge is 0.335 e. The Labute approximate surface area is 198 Å². The van der Waals surface area contributed by atoms with E-state index in [4.69, 9.17) is 0 Å². The Kier molecular flexibility index (Phi) is 7.47. The Morgan fingerprint density at radius 3 is 2.21 bits per heavy atom.